The van der Waals surface area contributed by atoms with Crippen LogP contribution in [0.3, 0.4) is 0 Å². The first-order chi connectivity index (χ1) is 15.7. The van der Waals surface area contributed by atoms with Gasteiger partial charge in [-0.1, -0.05) is 61.9 Å². The summed E-state index contributed by atoms with van der Waals surface area (Å²) < 4.78 is 7.64. The van der Waals surface area contributed by atoms with E-state index in [0.29, 0.717) is 35.8 Å². The van der Waals surface area contributed by atoms with Gasteiger partial charge in [-0.25, -0.2) is 0 Å². The lowest BCUT2D eigenvalue weighted by Crippen LogP contribution is -2.52. The maximum Gasteiger partial charge on any atom is 0.233 e. The first-order valence-corrected chi connectivity index (χ1v) is 12.6. The smallest absolute Gasteiger partial charge is 0.233 e. The van der Waals surface area contributed by atoms with Crippen LogP contribution in [-0.4, -0.2) is 43.9 Å². The molecule has 32 heavy (non-hydrogen) atoms. The fourth-order valence-corrected chi connectivity index (χ4v) is 6.15. The van der Waals surface area contributed by atoms with Crippen molar-refractivity contribution < 1.29 is 9.21 Å². The Kier molecular flexibility index (Phi) is 6.35. The molecule has 0 radical (unpaired) electrons. The lowest BCUT2D eigenvalue weighted by atomic mass is 9.72. The maximum atomic E-state index is 13.3. The Hall–Kier alpha value is -2.54. The van der Waals surface area contributed by atoms with Crippen molar-refractivity contribution in [3.05, 3.63) is 54.3 Å². The Labute approximate surface area is 193 Å². The lowest BCUT2D eigenvalue weighted by molar-refractivity contribution is -0.136. The summed E-state index contributed by atoms with van der Waals surface area (Å²) in [6.45, 7) is 3.88. The molecule has 0 N–H and O–H groups in total. The van der Waals surface area contributed by atoms with Crippen LogP contribution in [0.2, 0.25) is 0 Å². The Bertz CT molecular complexity index is 1030. The van der Waals surface area contributed by atoms with Crippen molar-refractivity contribution >= 4 is 17.7 Å². The molecule has 1 saturated carbocycles. The van der Waals surface area contributed by atoms with Crippen molar-refractivity contribution in [2.75, 3.05) is 12.3 Å². The van der Waals surface area contributed by atoms with E-state index in [2.05, 4.69) is 34.2 Å². The van der Waals surface area contributed by atoms with Crippen molar-refractivity contribution in [2.45, 2.75) is 56.8 Å². The summed E-state index contributed by atoms with van der Waals surface area (Å²) >= 11 is 1.48. The van der Waals surface area contributed by atoms with Crippen LogP contribution in [0.25, 0.3) is 11.6 Å². The molecule has 3 atom stereocenters. The predicted molar refractivity (Wildman–Crippen MR) is 125 cm³/mol. The minimum Gasteiger partial charge on any atom is -0.461 e. The average molecular weight is 451 g/mol. The van der Waals surface area contributed by atoms with E-state index in [1.165, 1.54) is 31.0 Å². The molecule has 2 aliphatic rings. The van der Waals surface area contributed by atoms with Crippen LogP contribution >= 0.6 is 11.8 Å². The molecule has 0 bridgehead atoms. The van der Waals surface area contributed by atoms with Gasteiger partial charge in [0, 0.05) is 12.6 Å². The zero-order valence-corrected chi connectivity index (χ0v) is 19.3. The van der Waals surface area contributed by atoms with Crippen LogP contribution in [0, 0.1) is 11.8 Å². The standard InChI is InChI=1S/C25H30N4O2S/c1-18-13-14-28(21-11-6-5-10-20(18)21)23(30)17-32-25-27-26-24(22-12-7-15-31-22)29(25)16-19-8-3-2-4-9-19/h2-4,7-9,12,15,18,20-21H,5-6,10-11,13-14,16-17H2,1H3. The number of hydrogen-bond donors (Lipinski definition) is 0. The molecule has 7 heteroatoms. The number of carbonyl (C=O) groups is 1. The van der Waals surface area contributed by atoms with Crippen molar-refractivity contribution in [1.29, 1.82) is 0 Å². The van der Waals surface area contributed by atoms with Crippen molar-refractivity contribution in [2.24, 2.45) is 11.8 Å². The molecular weight excluding hydrogens is 420 g/mol. The van der Waals surface area contributed by atoms with Crippen LogP contribution in [0.4, 0.5) is 0 Å². The van der Waals surface area contributed by atoms with E-state index in [1.54, 1.807) is 6.26 Å². The quantitative estimate of drug-likeness (QED) is 0.489. The largest absolute Gasteiger partial charge is 0.461 e. The normalized spacial score (nSPS) is 23.2. The molecule has 1 aliphatic carbocycles. The fourth-order valence-electron chi connectivity index (χ4n) is 5.32. The number of hydrogen-bond acceptors (Lipinski definition) is 5. The van der Waals surface area contributed by atoms with E-state index >= 15 is 0 Å². The van der Waals surface area contributed by atoms with E-state index in [4.69, 9.17) is 4.42 Å². The molecule has 1 amide bonds. The molecule has 2 fully saturated rings. The Morgan fingerprint density at radius 2 is 1.94 bits per heavy atom. The number of rotatable bonds is 6. The van der Waals surface area contributed by atoms with E-state index in [0.717, 1.165) is 36.0 Å². The van der Waals surface area contributed by atoms with E-state index in [1.807, 2.05) is 34.9 Å². The van der Waals surface area contributed by atoms with Gasteiger partial charge >= 0.3 is 0 Å². The second-order valence-corrected chi connectivity index (χ2v) is 9.96. The van der Waals surface area contributed by atoms with Crippen LogP contribution < -0.4 is 0 Å². The van der Waals surface area contributed by atoms with Gasteiger partial charge in [-0.05, 0) is 48.8 Å². The van der Waals surface area contributed by atoms with E-state index < -0.39 is 0 Å². The van der Waals surface area contributed by atoms with Gasteiger partial charge < -0.3 is 9.32 Å². The third-order valence-electron chi connectivity index (χ3n) is 7.03. The number of furan rings is 1. The van der Waals surface area contributed by atoms with Gasteiger partial charge in [-0.2, -0.15) is 0 Å². The highest BCUT2D eigenvalue weighted by Crippen LogP contribution is 2.39. The Balaban J connectivity index is 1.33. The SMILES string of the molecule is CC1CCN(C(=O)CSc2nnc(-c3ccco3)n2Cc2ccccc2)C2CCCCC12. The molecule has 1 saturated heterocycles. The highest BCUT2D eigenvalue weighted by molar-refractivity contribution is 7.99. The highest BCUT2D eigenvalue weighted by atomic mass is 32.2. The summed E-state index contributed by atoms with van der Waals surface area (Å²) in [6.07, 6.45) is 7.72. The molecule has 1 aliphatic heterocycles. The number of fused-ring (bicyclic) bond motifs is 1. The maximum absolute atomic E-state index is 13.3. The zero-order chi connectivity index (χ0) is 21.9. The summed E-state index contributed by atoms with van der Waals surface area (Å²) in [6, 6.07) is 14.4. The topological polar surface area (TPSA) is 64.2 Å². The van der Waals surface area contributed by atoms with Gasteiger partial charge in [0.05, 0.1) is 18.6 Å². The van der Waals surface area contributed by atoms with Gasteiger partial charge in [0.25, 0.3) is 0 Å². The summed E-state index contributed by atoms with van der Waals surface area (Å²) in [7, 11) is 0. The van der Waals surface area contributed by atoms with Crippen LogP contribution in [0.5, 0.6) is 0 Å². The lowest BCUT2D eigenvalue weighted by Gasteiger charge is -2.47. The second kappa shape index (κ2) is 9.53. The van der Waals surface area contributed by atoms with Gasteiger partial charge in [0.15, 0.2) is 10.9 Å². The molecule has 5 rings (SSSR count). The number of carbonyl (C=O) groups excluding carboxylic acids is 1. The van der Waals surface area contributed by atoms with Crippen molar-refractivity contribution in [1.82, 2.24) is 19.7 Å². The van der Waals surface area contributed by atoms with E-state index in [9.17, 15) is 4.79 Å². The number of aromatic nitrogens is 3. The summed E-state index contributed by atoms with van der Waals surface area (Å²) in [5.41, 5.74) is 1.16. The Morgan fingerprint density at radius 1 is 1.09 bits per heavy atom. The summed E-state index contributed by atoms with van der Waals surface area (Å²) in [4.78, 5) is 15.4. The second-order valence-electron chi connectivity index (χ2n) is 9.01. The monoisotopic (exact) mass is 450 g/mol. The van der Waals surface area contributed by atoms with Crippen LogP contribution in [0.1, 0.15) is 44.6 Å². The molecule has 2 aromatic heterocycles. The first-order valence-electron chi connectivity index (χ1n) is 11.6. The van der Waals surface area contributed by atoms with Gasteiger partial charge in [-0.15, -0.1) is 10.2 Å². The van der Waals surface area contributed by atoms with Gasteiger partial charge in [0.2, 0.25) is 11.7 Å². The number of amides is 1. The fraction of sp³-hybridized carbons (Fsp3) is 0.480. The summed E-state index contributed by atoms with van der Waals surface area (Å²) in [5.74, 6) is 3.38. The highest BCUT2D eigenvalue weighted by Gasteiger charge is 2.39. The molecule has 3 heterocycles. The summed E-state index contributed by atoms with van der Waals surface area (Å²) in [5, 5.41) is 9.57. The third kappa shape index (κ3) is 4.35. The number of piperidine rings is 1. The molecule has 6 nitrogen and oxygen atoms in total. The predicted octanol–water partition coefficient (Wildman–Crippen LogP) is 5.11. The van der Waals surface area contributed by atoms with Gasteiger partial charge in [-0.3, -0.25) is 9.36 Å². The molecule has 168 valence electrons. The number of nitrogens with zero attached hydrogens (tertiary/aromatic N) is 4. The first kappa shape index (κ1) is 21.3. The number of benzene rings is 1. The van der Waals surface area contributed by atoms with Gasteiger partial charge in [0.1, 0.15) is 0 Å². The van der Waals surface area contributed by atoms with E-state index in [-0.39, 0.29) is 5.91 Å². The van der Waals surface area contributed by atoms with Crippen molar-refractivity contribution in [3.63, 3.8) is 0 Å². The third-order valence-corrected chi connectivity index (χ3v) is 7.98. The molecule has 1 aromatic carbocycles. The van der Waals surface area contributed by atoms with Crippen LogP contribution in [-0.2, 0) is 11.3 Å². The average Bonchev–Trinajstić information content (AvgIpc) is 3.49. The molecule has 0 spiro atoms. The Morgan fingerprint density at radius 3 is 2.75 bits per heavy atom. The molecular formula is C25H30N4O2S. The number of thioether (sulfide) groups is 1. The van der Waals surface area contributed by atoms with Crippen LogP contribution in [0.15, 0.2) is 58.3 Å². The zero-order valence-electron chi connectivity index (χ0n) is 18.5. The molecule has 3 unspecified atom stereocenters. The minimum absolute atomic E-state index is 0.229. The minimum atomic E-state index is 0.229. The number of likely N-dealkylation sites (tertiary alicyclic amines) is 1. The molecule has 3 aromatic rings. The van der Waals surface area contributed by atoms with Crippen molar-refractivity contribution in [3.8, 4) is 11.6 Å².